The molecule has 0 spiro atoms. The van der Waals surface area contributed by atoms with Crippen molar-refractivity contribution < 1.29 is 9.53 Å². The molecular formula is C12H18N2O2. The Kier molecular flexibility index (Phi) is 2.57. The maximum atomic E-state index is 11.4. The van der Waals surface area contributed by atoms with Gasteiger partial charge in [-0.2, -0.15) is 5.26 Å². The summed E-state index contributed by atoms with van der Waals surface area (Å²) in [5.74, 6) is 2.40. The largest absolute Gasteiger partial charge is 0.444 e. The van der Waals surface area contributed by atoms with Gasteiger partial charge in [0.25, 0.3) is 0 Å². The molecule has 88 valence electrons. The highest BCUT2D eigenvalue weighted by atomic mass is 16.6. The van der Waals surface area contributed by atoms with E-state index in [9.17, 15) is 4.79 Å². The number of amides is 1. The van der Waals surface area contributed by atoms with Gasteiger partial charge in [0.1, 0.15) is 11.6 Å². The number of carbonyl (C=O) groups excluding carboxylic acids is 1. The summed E-state index contributed by atoms with van der Waals surface area (Å²) in [5.41, 5.74) is -0.508. The second-order valence-electron chi connectivity index (χ2n) is 5.79. The minimum Gasteiger partial charge on any atom is -0.444 e. The van der Waals surface area contributed by atoms with Crippen LogP contribution in [-0.4, -0.2) is 17.7 Å². The predicted molar refractivity (Wildman–Crippen MR) is 58.5 cm³/mol. The summed E-state index contributed by atoms with van der Waals surface area (Å²) in [6.07, 6.45) is 1.62. The summed E-state index contributed by atoms with van der Waals surface area (Å²) < 4.78 is 5.11. The molecule has 0 aliphatic heterocycles. The van der Waals surface area contributed by atoms with Crippen LogP contribution < -0.4 is 5.32 Å². The molecule has 2 rings (SSSR count). The van der Waals surface area contributed by atoms with Crippen molar-refractivity contribution in [3.8, 4) is 6.07 Å². The average Bonchev–Trinajstić information content (AvgIpc) is 2.97. The third-order valence-electron chi connectivity index (χ3n) is 3.20. The van der Waals surface area contributed by atoms with Gasteiger partial charge in [-0.1, -0.05) is 0 Å². The van der Waals surface area contributed by atoms with Crippen LogP contribution in [0, 0.1) is 29.1 Å². The number of carbonyl (C=O) groups is 1. The Hall–Kier alpha value is -1.24. The lowest BCUT2D eigenvalue weighted by atomic mass is 10.1. The molecule has 2 unspecified atom stereocenters. The first kappa shape index (κ1) is 11.3. The molecule has 0 heterocycles. The number of fused-ring (bicyclic) bond motifs is 1. The molecule has 1 N–H and O–H groups in total. The van der Waals surface area contributed by atoms with Crippen LogP contribution in [-0.2, 0) is 4.74 Å². The lowest BCUT2D eigenvalue weighted by Crippen LogP contribution is -2.39. The van der Waals surface area contributed by atoms with Crippen LogP contribution in [0.5, 0.6) is 0 Å². The first-order valence-electron chi connectivity index (χ1n) is 5.80. The van der Waals surface area contributed by atoms with E-state index in [0.29, 0.717) is 5.92 Å². The quantitative estimate of drug-likeness (QED) is 0.795. The zero-order valence-corrected chi connectivity index (χ0v) is 9.99. The second-order valence-corrected chi connectivity index (χ2v) is 5.79. The average molecular weight is 222 g/mol. The molecule has 4 heteroatoms. The lowest BCUT2D eigenvalue weighted by molar-refractivity contribution is 0.0512. The van der Waals surface area contributed by atoms with Gasteiger partial charge in [0.05, 0.1) is 6.07 Å². The maximum Gasteiger partial charge on any atom is 0.408 e. The van der Waals surface area contributed by atoms with E-state index in [1.165, 1.54) is 6.42 Å². The second kappa shape index (κ2) is 3.65. The molecule has 0 saturated heterocycles. The predicted octanol–water partition coefficient (Wildman–Crippen LogP) is 2.06. The summed E-state index contributed by atoms with van der Waals surface area (Å²) in [4.78, 5) is 11.4. The SMILES string of the molecule is CC(C)(C)OC(=O)N[C@H](C#N)CC1C2C[C@@H]21. The standard InChI is InChI=1S/C12H18N2O2/c1-12(2,3)16-11(15)14-7(6-13)4-8-9-5-10(8)9/h7-10H,4-5H2,1-3H3,(H,14,15)/t7-,8?,9+,10?/m0/s1. The number of hydrogen-bond acceptors (Lipinski definition) is 3. The Bertz CT molecular complexity index is 332. The molecular weight excluding hydrogens is 204 g/mol. The molecule has 4 atom stereocenters. The molecule has 0 aromatic heterocycles. The van der Waals surface area contributed by atoms with E-state index in [4.69, 9.17) is 10.00 Å². The fourth-order valence-electron chi connectivity index (χ4n) is 2.13. The summed E-state index contributed by atoms with van der Waals surface area (Å²) >= 11 is 0. The molecule has 16 heavy (non-hydrogen) atoms. The number of nitriles is 1. The summed E-state index contributed by atoms with van der Waals surface area (Å²) in [6.45, 7) is 5.43. The van der Waals surface area contributed by atoms with Crippen LogP contribution in [0.3, 0.4) is 0 Å². The smallest absolute Gasteiger partial charge is 0.408 e. The van der Waals surface area contributed by atoms with Crippen molar-refractivity contribution >= 4 is 6.09 Å². The van der Waals surface area contributed by atoms with Crippen LogP contribution in [0.15, 0.2) is 0 Å². The molecule has 0 bridgehead atoms. The van der Waals surface area contributed by atoms with Crippen LogP contribution in [0.4, 0.5) is 4.79 Å². The first-order valence-corrected chi connectivity index (χ1v) is 5.80. The third kappa shape index (κ3) is 2.66. The van der Waals surface area contributed by atoms with Crippen molar-refractivity contribution in [3.63, 3.8) is 0 Å². The van der Waals surface area contributed by atoms with Crippen LogP contribution in [0.1, 0.15) is 33.6 Å². The van der Waals surface area contributed by atoms with Gasteiger partial charge in [0.2, 0.25) is 0 Å². The van der Waals surface area contributed by atoms with Gasteiger partial charge in [-0.3, -0.25) is 0 Å². The monoisotopic (exact) mass is 222 g/mol. The molecule has 1 amide bonds. The minimum absolute atomic E-state index is 0.396. The van der Waals surface area contributed by atoms with E-state index < -0.39 is 17.7 Å². The highest BCUT2D eigenvalue weighted by Gasteiger charge is 2.63. The fraction of sp³-hybridized carbons (Fsp3) is 0.833. The van der Waals surface area contributed by atoms with Gasteiger partial charge in [-0.15, -0.1) is 0 Å². The van der Waals surface area contributed by atoms with Crippen LogP contribution >= 0.6 is 0 Å². The van der Waals surface area contributed by atoms with E-state index in [-0.39, 0.29) is 0 Å². The van der Waals surface area contributed by atoms with Gasteiger partial charge in [-0.25, -0.2) is 4.79 Å². The van der Waals surface area contributed by atoms with Crippen molar-refractivity contribution in [3.05, 3.63) is 0 Å². The molecule has 0 radical (unpaired) electrons. The molecule has 2 aliphatic rings. The van der Waals surface area contributed by atoms with Crippen molar-refractivity contribution in [2.24, 2.45) is 17.8 Å². The number of alkyl carbamates (subject to hydrolysis) is 1. The van der Waals surface area contributed by atoms with Crippen LogP contribution in [0.2, 0.25) is 0 Å². The maximum absolute atomic E-state index is 11.4. The zero-order chi connectivity index (χ0) is 11.9. The normalized spacial score (nSPS) is 32.0. The Balaban J connectivity index is 1.73. The number of nitrogens with one attached hydrogen (secondary N) is 1. The fourth-order valence-corrected chi connectivity index (χ4v) is 2.13. The Labute approximate surface area is 96.0 Å². The van der Waals surface area contributed by atoms with E-state index in [1.807, 2.05) is 20.8 Å². The third-order valence-corrected chi connectivity index (χ3v) is 3.20. The van der Waals surface area contributed by atoms with Gasteiger partial charge >= 0.3 is 6.09 Å². The molecule has 0 aromatic rings. The Morgan fingerprint density at radius 1 is 1.56 bits per heavy atom. The van der Waals surface area contributed by atoms with Crippen molar-refractivity contribution in [2.75, 3.05) is 0 Å². The summed E-state index contributed by atoms with van der Waals surface area (Å²) in [5, 5.41) is 11.5. The lowest BCUT2D eigenvalue weighted by Gasteiger charge is -2.21. The molecule has 2 fully saturated rings. The van der Waals surface area contributed by atoms with E-state index in [0.717, 1.165) is 18.3 Å². The number of nitrogens with zero attached hydrogens (tertiary/aromatic N) is 1. The molecule has 0 aromatic carbocycles. The van der Waals surface area contributed by atoms with Crippen molar-refractivity contribution in [2.45, 2.75) is 45.3 Å². The van der Waals surface area contributed by atoms with Crippen LogP contribution in [0.25, 0.3) is 0 Å². The highest BCUT2D eigenvalue weighted by molar-refractivity contribution is 5.68. The number of hydrogen-bond donors (Lipinski definition) is 1. The van der Waals surface area contributed by atoms with E-state index in [1.54, 1.807) is 0 Å². The molecule has 4 nitrogen and oxygen atoms in total. The zero-order valence-electron chi connectivity index (χ0n) is 9.99. The van der Waals surface area contributed by atoms with E-state index in [2.05, 4.69) is 11.4 Å². The highest BCUT2D eigenvalue weighted by Crippen LogP contribution is 2.69. The molecule has 2 saturated carbocycles. The van der Waals surface area contributed by atoms with Crippen molar-refractivity contribution in [1.29, 1.82) is 5.26 Å². The first-order chi connectivity index (χ1) is 7.40. The molecule has 2 aliphatic carbocycles. The Morgan fingerprint density at radius 2 is 2.19 bits per heavy atom. The Morgan fingerprint density at radius 3 is 2.56 bits per heavy atom. The summed E-state index contributed by atoms with van der Waals surface area (Å²) in [7, 11) is 0. The summed E-state index contributed by atoms with van der Waals surface area (Å²) in [6, 6.07) is 1.72. The van der Waals surface area contributed by atoms with Crippen molar-refractivity contribution in [1.82, 2.24) is 5.32 Å². The number of ether oxygens (including phenoxy) is 1. The van der Waals surface area contributed by atoms with Gasteiger partial charge in [-0.05, 0) is 51.4 Å². The minimum atomic E-state index is -0.508. The van der Waals surface area contributed by atoms with Gasteiger partial charge < -0.3 is 10.1 Å². The van der Waals surface area contributed by atoms with Gasteiger partial charge in [0, 0.05) is 0 Å². The van der Waals surface area contributed by atoms with Gasteiger partial charge in [0.15, 0.2) is 0 Å². The number of rotatable bonds is 3. The van der Waals surface area contributed by atoms with E-state index >= 15 is 0 Å². The topological polar surface area (TPSA) is 62.1 Å².